The van der Waals surface area contributed by atoms with Gasteiger partial charge < -0.3 is 4.99 Å². The summed E-state index contributed by atoms with van der Waals surface area (Å²) in [5.41, 5.74) is 0. The quantitative estimate of drug-likeness (QED) is 0.544. The summed E-state index contributed by atoms with van der Waals surface area (Å²) < 4.78 is 24.5. The Hall–Kier alpha value is -0.470. The average molecular weight is 149 g/mol. The summed E-state index contributed by atoms with van der Waals surface area (Å²) in [6.07, 6.45) is -0.105. The van der Waals surface area contributed by atoms with Crippen LogP contribution >= 0.6 is 0 Å². The number of halogens is 2. The molecule has 0 bridgehead atoms. The van der Waals surface area contributed by atoms with Crippen molar-refractivity contribution in [3.05, 3.63) is 0 Å². The molecule has 60 valence electrons. The van der Waals surface area contributed by atoms with Gasteiger partial charge in [0.05, 0.1) is 0 Å². The van der Waals surface area contributed by atoms with Crippen molar-refractivity contribution in [1.82, 2.24) is 0 Å². The predicted octanol–water partition coefficient (Wildman–Crippen LogP) is 2.37. The number of hydrogen-bond donors (Lipinski definition) is 0. The van der Waals surface area contributed by atoms with Crippen molar-refractivity contribution in [3.8, 4) is 0 Å². The maximum atomic E-state index is 12.2. The fraction of sp³-hybridized carbons (Fsp3) is 0.857. The van der Waals surface area contributed by atoms with Gasteiger partial charge in [-0.15, -0.1) is 0 Å². The number of rotatable bonds is 4. The monoisotopic (exact) mass is 149 g/mol. The highest BCUT2D eigenvalue weighted by Crippen LogP contribution is 2.22. The Morgan fingerprint density at radius 2 is 2.10 bits per heavy atom. The van der Waals surface area contributed by atoms with E-state index >= 15 is 0 Å². The number of nitrogens with zero attached hydrogens (tertiary/aromatic N) is 1. The molecule has 1 atom stereocenters. The summed E-state index contributed by atoms with van der Waals surface area (Å²) in [5.74, 6) is -2.64. The molecule has 0 radical (unpaired) electrons. The lowest BCUT2D eigenvalue weighted by atomic mass is 10.0. The van der Waals surface area contributed by atoms with Crippen molar-refractivity contribution in [2.45, 2.75) is 26.2 Å². The molecule has 0 spiro atoms. The zero-order chi connectivity index (χ0) is 8.20. The highest BCUT2D eigenvalue weighted by molar-refractivity contribution is 5.23. The zero-order valence-electron chi connectivity index (χ0n) is 6.40. The number of aliphatic imine (C=N–C) groups is 1. The van der Waals surface area contributed by atoms with E-state index in [1.165, 1.54) is 0 Å². The summed E-state index contributed by atoms with van der Waals surface area (Å²) in [6, 6.07) is 0. The van der Waals surface area contributed by atoms with Gasteiger partial charge in [0.25, 0.3) is 0 Å². The first-order valence-electron chi connectivity index (χ1n) is 3.26. The summed E-state index contributed by atoms with van der Waals surface area (Å²) in [4.78, 5) is 3.54. The van der Waals surface area contributed by atoms with Crippen LogP contribution in [0.15, 0.2) is 4.99 Å². The van der Waals surface area contributed by atoms with E-state index in [4.69, 9.17) is 0 Å². The van der Waals surface area contributed by atoms with Gasteiger partial charge >= 0.3 is 0 Å². The Morgan fingerprint density at radius 3 is 2.40 bits per heavy atom. The van der Waals surface area contributed by atoms with E-state index in [-0.39, 0.29) is 12.3 Å². The van der Waals surface area contributed by atoms with E-state index < -0.39 is 5.92 Å². The fourth-order valence-corrected chi connectivity index (χ4v) is 0.897. The topological polar surface area (TPSA) is 12.4 Å². The van der Waals surface area contributed by atoms with Gasteiger partial charge in [0.15, 0.2) is 0 Å². The molecule has 0 heterocycles. The SMILES string of the molecule is C=NCC(C)CC(C)(F)F. The Labute approximate surface area is 60.2 Å². The molecule has 0 aliphatic rings. The van der Waals surface area contributed by atoms with E-state index in [1.807, 2.05) is 0 Å². The zero-order valence-corrected chi connectivity index (χ0v) is 6.40. The van der Waals surface area contributed by atoms with Crippen LogP contribution in [0.4, 0.5) is 8.78 Å². The summed E-state index contributed by atoms with van der Waals surface area (Å²) >= 11 is 0. The van der Waals surface area contributed by atoms with Crippen molar-refractivity contribution in [3.63, 3.8) is 0 Å². The third kappa shape index (κ3) is 5.66. The van der Waals surface area contributed by atoms with Crippen LogP contribution < -0.4 is 0 Å². The van der Waals surface area contributed by atoms with Crippen molar-refractivity contribution in [2.24, 2.45) is 10.9 Å². The second kappa shape index (κ2) is 3.64. The maximum Gasteiger partial charge on any atom is 0.245 e. The largest absolute Gasteiger partial charge is 0.301 e. The maximum absolute atomic E-state index is 12.2. The molecule has 0 aliphatic carbocycles. The van der Waals surface area contributed by atoms with Crippen molar-refractivity contribution >= 4 is 6.72 Å². The van der Waals surface area contributed by atoms with Crippen LogP contribution in [-0.4, -0.2) is 19.2 Å². The first kappa shape index (κ1) is 9.53. The van der Waals surface area contributed by atoms with Crippen LogP contribution in [0.5, 0.6) is 0 Å². The van der Waals surface area contributed by atoms with E-state index in [1.54, 1.807) is 6.92 Å². The summed E-state index contributed by atoms with van der Waals surface area (Å²) in [7, 11) is 0. The molecule has 0 saturated heterocycles. The number of alkyl halides is 2. The summed E-state index contributed by atoms with van der Waals surface area (Å²) in [6.45, 7) is 6.32. The van der Waals surface area contributed by atoms with Gasteiger partial charge in [0, 0.05) is 13.0 Å². The second-order valence-electron chi connectivity index (χ2n) is 2.79. The van der Waals surface area contributed by atoms with E-state index in [2.05, 4.69) is 11.7 Å². The predicted molar refractivity (Wildman–Crippen MR) is 38.8 cm³/mol. The number of hydrogen-bond acceptors (Lipinski definition) is 1. The third-order valence-electron chi connectivity index (χ3n) is 1.15. The van der Waals surface area contributed by atoms with E-state index in [0.717, 1.165) is 6.92 Å². The molecule has 0 rings (SSSR count). The van der Waals surface area contributed by atoms with E-state index in [9.17, 15) is 8.78 Å². The molecule has 3 heteroatoms. The highest BCUT2D eigenvalue weighted by atomic mass is 19.3. The van der Waals surface area contributed by atoms with E-state index in [0.29, 0.717) is 6.54 Å². The minimum atomic E-state index is -2.57. The molecule has 0 fully saturated rings. The molecule has 0 aromatic heterocycles. The third-order valence-corrected chi connectivity index (χ3v) is 1.15. The van der Waals surface area contributed by atoms with Crippen molar-refractivity contribution < 1.29 is 8.78 Å². The Morgan fingerprint density at radius 1 is 1.60 bits per heavy atom. The van der Waals surface area contributed by atoms with Gasteiger partial charge in [-0.05, 0) is 19.6 Å². The first-order chi connectivity index (χ1) is 4.45. The molecule has 1 unspecified atom stereocenters. The smallest absolute Gasteiger partial charge is 0.245 e. The molecule has 0 amide bonds. The molecule has 0 aromatic carbocycles. The lowest BCUT2D eigenvalue weighted by Crippen LogP contribution is -2.16. The lowest BCUT2D eigenvalue weighted by Gasteiger charge is -2.13. The van der Waals surface area contributed by atoms with Crippen LogP contribution in [0.2, 0.25) is 0 Å². The van der Waals surface area contributed by atoms with Crippen molar-refractivity contribution in [1.29, 1.82) is 0 Å². The fourth-order valence-electron chi connectivity index (χ4n) is 0.897. The van der Waals surface area contributed by atoms with Crippen LogP contribution in [0.1, 0.15) is 20.3 Å². The normalized spacial score (nSPS) is 14.8. The van der Waals surface area contributed by atoms with Crippen LogP contribution in [0.25, 0.3) is 0 Å². The van der Waals surface area contributed by atoms with Gasteiger partial charge in [0.2, 0.25) is 5.92 Å². The minimum Gasteiger partial charge on any atom is -0.301 e. The van der Waals surface area contributed by atoms with Crippen molar-refractivity contribution in [2.75, 3.05) is 6.54 Å². The Kier molecular flexibility index (Phi) is 3.47. The molecule has 0 saturated carbocycles. The molecular formula is C7H13F2N. The van der Waals surface area contributed by atoms with Crippen LogP contribution in [0.3, 0.4) is 0 Å². The molecule has 0 aliphatic heterocycles. The van der Waals surface area contributed by atoms with Gasteiger partial charge in [-0.3, -0.25) is 0 Å². The van der Waals surface area contributed by atoms with Gasteiger partial charge in [-0.25, -0.2) is 8.78 Å². The molecule has 0 N–H and O–H groups in total. The molecule has 1 nitrogen and oxygen atoms in total. The van der Waals surface area contributed by atoms with Crippen LogP contribution in [-0.2, 0) is 0 Å². The van der Waals surface area contributed by atoms with Gasteiger partial charge in [-0.1, -0.05) is 6.92 Å². The van der Waals surface area contributed by atoms with Gasteiger partial charge in [0.1, 0.15) is 0 Å². The average Bonchev–Trinajstić information content (AvgIpc) is 1.59. The first-order valence-corrected chi connectivity index (χ1v) is 3.26. The minimum absolute atomic E-state index is 0.0718. The highest BCUT2D eigenvalue weighted by Gasteiger charge is 2.23. The molecular weight excluding hydrogens is 136 g/mol. The van der Waals surface area contributed by atoms with Gasteiger partial charge in [-0.2, -0.15) is 0 Å². The Bertz CT molecular complexity index is 107. The Balaban J connectivity index is 3.56. The lowest BCUT2D eigenvalue weighted by molar-refractivity contribution is -0.0000858. The summed E-state index contributed by atoms with van der Waals surface area (Å²) in [5, 5.41) is 0. The standard InChI is InChI=1S/C7H13F2N/c1-6(5-10-3)4-7(2,8)9/h6H,3-5H2,1-2H3. The second-order valence-corrected chi connectivity index (χ2v) is 2.79. The van der Waals surface area contributed by atoms with Crippen LogP contribution in [0, 0.1) is 5.92 Å². The molecule has 0 aromatic rings. The molecule has 10 heavy (non-hydrogen) atoms.